The van der Waals surface area contributed by atoms with Crippen LogP contribution in [0.15, 0.2) is 59.4 Å². The van der Waals surface area contributed by atoms with E-state index >= 15 is 0 Å². The molecule has 0 bridgehead atoms. The van der Waals surface area contributed by atoms with E-state index in [1.165, 1.54) is 11.3 Å². The van der Waals surface area contributed by atoms with Gasteiger partial charge in [-0.2, -0.15) is 0 Å². The molecule has 1 amide bonds. The molecule has 0 saturated heterocycles. The molecule has 142 valence electrons. The van der Waals surface area contributed by atoms with Crippen LogP contribution in [0.25, 0.3) is 11.0 Å². The highest BCUT2D eigenvalue weighted by Crippen LogP contribution is 2.16. The van der Waals surface area contributed by atoms with E-state index in [-0.39, 0.29) is 5.91 Å². The smallest absolute Gasteiger partial charge is 0.251 e. The van der Waals surface area contributed by atoms with Gasteiger partial charge in [0.1, 0.15) is 18.2 Å². The SMILES string of the molecule is Cc1nc2ccccc2n1CCNC(=O)c1ccc(OCc2cscn2)cc1. The first kappa shape index (κ1) is 18.2. The predicted molar refractivity (Wildman–Crippen MR) is 110 cm³/mol. The summed E-state index contributed by atoms with van der Waals surface area (Å²) in [5.74, 6) is 1.55. The largest absolute Gasteiger partial charge is 0.487 e. The molecule has 4 aromatic rings. The Hall–Kier alpha value is -3.19. The van der Waals surface area contributed by atoms with Crippen molar-refractivity contribution in [1.82, 2.24) is 19.9 Å². The number of benzene rings is 2. The zero-order chi connectivity index (χ0) is 19.3. The average molecular weight is 392 g/mol. The summed E-state index contributed by atoms with van der Waals surface area (Å²) in [6.07, 6.45) is 0. The maximum atomic E-state index is 12.4. The number of ether oxygens (including phenoxy) is 1. The van der Waals surface area contributed by atoms with Crippen LogP contribution in [0.3, 0.4) is 0 Å². The number of hydrogen-bond donors (Lipinski definition) is 1. The Morgan fingerprint density at radius 2 is 2.00 bits per heavy atom. The van der Waals surface area contributed by atoms with E-state index in [1.807, 2.05) is 36.6 Å². The Bertz CT molecular complexity index is 1070. The quantitative estimate of drug-likeness (QED) is 0.519. The Kier molecular flexibility index (Phi) is 5.34. The van der Waals surface area contributed by atoms with Crippen LogP contribution in [0.1, 0.15) is 21.9 Å². The third-order valence-corrected chi connectivity index (χ3v) is 5.09. The minimum atomic E-state index is -0.104. The second kappa shape index (κ2) is 8.22. The molecule has 2 aromatic heterocycles. The predicted octanol–water partition coefficient (Wildman–Crippen LogP) is 3.81. The Morgan fingerprint density at radius 3 is 2.79 bits per heavy atom. The highest BCUT2D eigenvalue weighted by molar-refractivity contribution is 7.07. The van der Waals surface area contributed by atoms with Crippen LogP contribution in [0.4, 0.5) is 0 Å². The van der Waals surface area contributed by atoms with E-state index in [1.54, 1.807) is 29.8 Å². The number of thiazole rings is 1. The summed E-state index contributed by atoms with van der Waals surface area (Å²) in [6, 6.07) is 15.1. The van der Waals surface area contributed by atoms with E-state index in [9.17, 15) is 4.79 Å². The number of fused-ring (bicyclic) bond motifs is 1. The van der Waals surface area contributed by atoms with E-state index in [0.717, 1.165) is 22.6 Å². The van der Waals surface area contributed by atoms with Crippen LogP contribution >= 0.6 is 11.3 Å². The fourth-order valence-corrected chi connectivity index (χ4v) is 3.57. The van der Waals surface area contributed by atoms with Crippen LogP contribution in [0.2, 0.25) is 0 Å². The van der Waals surface area contributed by atoms with Gasteiger partial charge in [-0.3, -0.25) is 4.79 Å². The van der Waals surface area contributed by atoms with Crippen LogP contribution in [0, 0.1) is 6.92 Å². The highest BCUT2D eigenvalue weighted by atomic mass is 32.1. The first-order valence-corrected chi connectivity index (χ1v) is 9.95. The zero-order valence-corrected chi connectivity index (χ0v) is 16.3. The molecule has 0 radical (unpaired) electrons. The van der Waals surface area contributed by atoms with Gasteiger partial charge in [0, 0.05) is 24.0 Å². The van der Waals surface area contributed by atoms with Gasteiger partial charge >= 0.3 is 0 Å². The van der Waals surface area contributed by atoms with Gasteiger partial charge in [0.2, 0.25) is 0 Å². The molecule has 28 heavy (non-hydrogen) atoms. The Morgan fingerprint density at radius 1 is 1.18 bits per heavy atom. The fraction of sp³-hybridized carbons (Fsp3) is 0.190. The molecular weight excluding hydrogens is 372 g/mol. The van der Waals surface area contributed by atoms with Crippen molar-refractivity contribution in [3.8, 4) is 5.75 Å². The summed E-state index contributed by atoms with van der Waals surface area (Å²) in [6.45, 7) is 3.61. The number of carbonyl (C=O) groups is 1. The van der Waals surface area contributed by atoms with Gasteiger partial charge in [0.15, 0.2) is 0 Å². The second-order valence-electron chi connectivity index (χ2n) is 6.35. The lowest BCUT2D eigenvalue weighted by atomic mass is 10.2. The minimum Gasteiger partial charge on any atom is -0.487 e. The molecule has 2 heterocycles. The lowest BCUT2D eigenvalue weighted by molar-refractivity contribution is 0.0952. The van der Waals surface area contributed by atoms with E-state index in [2.05, 4.69) is 19.9 Å². The summed E-state index contributed by atoms with van der Waals surface area (Å²) in [7, 11) is 0. The van der Waals surface area contributed by atoms with Gasteiger partial charge in [-0.25, -0.2) is 9.97 Å². The van der Waals surface area contributed by atoms with Crippen molar-refractivity contribution in [2.75, 3.05) is 6.54 Å². The molecule has 0 fully saturated rings. The Balaban J connectivity index is 1.31. The van der Waals surface area contributed by atoms with Crippen LogP contribution in [-0.2, 0) is 13.2 Å². The summed E-state index contributed by atoms with van der Waals surface area (Å²) < 4.78 is 7.79. The van der Waals surface area contributed by atoms with Crippen molar-refractivity contribution >= 4 is 28.3 Å². The lowest BCUT2D eigenvalue weighted by Crippen LogP contribution is -2.27. The van der Waals surface area contributed by atoms with Gasteiger partial charge in [0.25, 0.3) is 5.91 Å². The highest BCUT2D eigenvalue weighted by Gasteiger charge is 2.09. The second-order valence-corrected chi connectivity index (χ2v) is 7.07. The summed E-state index contributed by atoms with van der Waals surface area (Å²) in [5.41, 5.74) is 5.33. The monoisotopic (exact) mass is 392 g/mol. The van der Waals surface area contributed by atoms with Crippen molar-refractivity contribution in [1.29, 1.82) is 0 Å². The molecule has 6 nitrogen and oxygen atoms in total. The molecule has 0 aliphatic heterocycles. The maximum Gasteiger partial charge on any atom is 0.251 e. The number of para-hydroxylation sites is 2. The van der Waals surface area contributed by atoms with Gasteiger partial charge in [-0.15, -0.1) is 11.3 Å². The molecule has 4 rings (SSSR count). The van der Waals surface area contributed by atoms with E-state index in [0.29, 0.717) is 31.0 Å². The van der Waals surface area contributed by atoms with Gasteiger partial charge in [-0.05, 0) is 43.3 Å². The molecule has 0 aliphatic rings. The normalized spacial score (nSPS) is 10.9. The molecule has 0 aliphatic carbocycles. The number of imidazole rings is 1. The molecule has 7 heteroatoms. The summed E-state index contributed by atoms with van der Waals surface area (Å²) in [4.78, 5) is 21.1. The fourth-order valence-electron chi connectivity index (χ4n) is 3.03. The molecular formula is C21H20N4O2S. The maximum absolute atomic E-state index is 12.4. The minimum absolute atomic E-state index is 0.104. The number of nitrogens with zero attached hydrogens (tertiary/aromatic N) is 3. The topological polar surface area (TPSA) is 69.0 Å². The van der Waals surface area contributed by atoms with Crippen molar-refractivity contribution < 1.29 is 9.53 Å². The number of hydrogen-bond acceptors (Lipinski definition) is 5. The van der Waals surface area contributed by atoms with Gasteiger partial charge < -0.3 is 14.6 Å². The molecule has 1 N–H and O–H groups in total. The zero-order valence-electron chi connectivity index (χ0n) is 15.5. The van der Waals surface area contributed by atoms with Crippen LogP contribution < -0.4 is 10.1 Å². The molecule has 0 atom stereocenters. The van der Waals surface area contributed by atoms with Crippen LogP contribution in [-0.4, -0.2) is 27.0 Å². The first-order chi connectivity index (χ1) is 13.7. The third kappa shape index (κ3) is 4.04. The molecule has 0 unspecified atom stereocenters. The van der Waals surface area contributed by atoms with Crippen molar-refractivity contribution in [2.45, 2.75) is 20.1 Å². The van der Waals surface area contributed by atoms with Gasteiger partial charge in [-0.1, -0.05) is 12.1 Å². The number of carbonyl (C=O) groups excluding carboxylic acids is 1. The van der Waals surface area contributed by atoms with Crippen molar-refractivity contribution in [2.24, 2.45) is 0 Å². The average Bonchev–Trinajstić information content (AvgIpc) is 3.34. The molecule has 0 spiro atoms. The van der Waals surface area contributed by atoms with Crippen molar-refractivity contribution in [3.63, 3.8) is 0 Å². The molecule has 2 aromatic carbocycles. The first-order valence-electron chi connectivity index (χ1n) is 9.01. The standard InChI is InChI=1S/C21H20N4O2S/c1-15-24-19-4-2-3-5-20(19)25(15)11-10-22-21(26)16-6-8-18(9-7-16)27-12-17-13-28-14-23-17/h2-9,13-14H,10-12H2,1H3,(H,22,26). The number of nitrogens with one attached hydrogen (secondary N) is 1. The van der Waals surface area contributed by atoms with Crippen molar-refractivity contribution in [3.05, 3.63) is 76.5 Å². The van der Waals surface area contributed by atoms with E-state index < -0.39 is 0 Å². The van der Waals surface area contributed by atoms with Crippen LogP contribution in [0.5, 0.6) is 5.75 Å². The summed E-state index contributed by atoms with van der Waals surface area (Å²) >= 11 is 1.54. The number of aryl methyl sites for hydroxylation is 1. The van der Waals surface area contributed by atoms with E-state index in [4.69, 9.17) is 4.74 Å². The Labute approximate surface area is 166 Å². The number of amides is 1. The molecule has 0 saturated carbocycles. The summed E-state index contributed by atoms with van der Waals surface area (Å²) in [5, 5.41) is 4.92. The van der Waals surface area contributed by atoms with Gasteiger partial charge in [0.05, 0.1) is 22.2 Å². The lowest BCUT2D eigenvalue weighted by Gasteiger charge is -2.09. The third-order valence-electron chi connectivity index (χ3n) is 4.45. The number of rotatable bonds is 7. The number of aromatic nitrogens is 3.